The number of rotatable bonds is 2. The fraction of sp³-hybridized carbons (Fsp3) is 0.857. The molecule has 5 unspecified atom stereocenters. The lowest BCUT2D eigenvalue weighted by Crippen LogP contribution is -2.42. The Labute approximate surface area is 112 Å². The van der Waals surface area contributed by atoms with Crippen LogP contribution in [0.3, 0.4) is 0 Å². The normalized spacial score (nSPS) is 45.2. The molecule has 2 bridgehead atoms. The van der Waals surface area contributed by atoms with Crippen molar-refractivity contribution in [2.75, 3.05) is 13.2 Å². The Balaban J connectivity index is 1.60. The van der Waals surface area contributed by atoms with Crippen molar-refractivity contribution in [2.24, 2.45) is 17.6 Å². The summed E-state index contributed by atoms with van der Waals surface area (Å²) < 4.78 is 11.0. The van der Waals surface area contributed by atoms with E-state index in [9.17, 15) is 0 Å². The van der Waals surface area contributed by atoms with Crippen molar-refractivity contribution in [3.8, 4) is 0 Å². The monoisotopic (exact) mass is 263 g/mol. The van der Waals surface area contributed by atoms with Crippen molar-refractivity contribution in [3.05, 3.63) is 11.7 Å². The third-order valence-electron chi connectivity index (χ3n) is 5.52. The molecule has 2 heterocycles. The number of nitrogens with zero attached hydrogens (tertiary/aromatic N) is 2. The Morgan fingerprint density at radius 2 is 2.21 bits per heavy atom. The Morgan fingerprint density at radius 3 is 2.84 bits per heavy atom. The third kappa shape index (κ3) is 1.68. The Kier molecular flexibility index (Phi) is 2.51. The summed E-state index contributed by atoms with van der Waals surface area (Å²) in [4.78, 5) is 4.68. The molecule has 1 aliphatic heterocycles. The lowest BCUT2D eigenvalue weighted by atomic mass is 9.85. The first kappa shape index (κ1) is 11.9. The van der Waals surface area contributed by atoms with Crippen molar-refractivity contribution in [2.45, 2.75) is 50.0 Å². The molecule has 1 aromatic heterocycles. The van der Waals surface area contributed by atoms with E-state index >= 15 is 0 Å². The third-order valence-corrected chi connectivity index (χ3v) is 5.52. The van der Waals surface area contributed by atoms with Gasteiger partial charge in [-0.15, -0.1) is 0 Å². The predicted molar refractivity (Wildman–Crippen MR) is 68.6 cm³/mol. The highest BCUT2D eigenvalue weighted by Gasteiger charge is 2.46. The van der Waals surface area contributed by atoms with E-state index in [4.69, 9.17) is 15.0 Å². The van der Waals surface area contributed by atoms with Gasteiger partial charge in [0.05, 0.1) is 18.6 Å². The van der Waals surface area contributed by atoms with Gasteiger partial charge < -0.3 is 15.0 Å². The molecule has 3 fully saturated rings. The molecule has 0 amide bonds. The summed E-state index contributed by atoms with van der Waals surface area (Å²) >= 11 is 0. The van der Waals surface area contributed by atoms with Gasteiger partial charge in [-0.3, -0.25) is 0 Å². The fourth-order valence-electron chi connectivity index (χ4n) is 4.09. The van der Waals surface area contributed by atoms with Gasteiger partial charge in [-0.05, 0) is 38.0 Å². The lowest BCUT2D eigenvalue weighted by Gasteiger charge is -2.21. The Bertz CT molecular complexity index is 489. The molecular weight excluding hydrogens is 242 g/mol. The zero-order valence-electron chi connectivity index (χ0n) is 11.3. The molecule has 2 aliphatic carbocycles. The maximum atomic E-state index is 6.12. The molecule has 0 spiro atoms. The second-order valence-electron chi connectivity index (χ2n) is 6.78. The smallest absolute Gasteiger partial charge is 0.236 e. The molecule has 104 valence electrons. The van der Waals surface area contributed by atoms with E-state index in [0.717, 1.165) is 17.7 Å². The zero-order chi connectivity index (χ0) is 13.0. The molecule has 2 saturated carbocycles. The van der Waals surface area contributed by atoms with Gasteiger partial charge in [0.15, 0.2) is 5.82 Å². The topological polar surface area (TPSA) is 74.2 Å². The van der Waals surface area contributed by atoms with Crippen LogP contribution in [0.25, 0.3) is 0 Å². The first-order valence-corrected chi connectivity index (χ1v) is 7.34. The SMILES string of the molecule is CC1(c2nc(C3CC4CCC3C4)no2)COCC1N. The van der Waals surface area contributed by atoms with Crippen molar-refractivity contribution in [1.29, 1.82) is 0 Å². The van der Waals surface area contributed by atoms with E-state index in [1.54, 1.807) is 0 Å². The molecule has 1 saturated heterocycles. The van der Waals surface area contributed by atoms with Gasteiger partial charge in [0, 0.05) is 12.0 Å². The number of aromatic nitrogens is 2. The van der Waals surface area contributed by atoms with Gasteiger partial charge in [-0.1, -0.05) is 11.6 Å². The average Bonchev–Trinajstić information content (AvgIpc) is 3.14. The van der Waals surface area contributed by atoms with Crippen molar-refractivity contribution in [3.63, 3.8) is 0 Å². The number of nitrogens with two attached hydrogens (primary N) is 1. The van der Waals surface area contributed by atoms with Crippen LogP contribution in [-0.2, 0) is 10.2 Å². The number of hydrogen-bond acceptors (Lipinski definition) is 5. The Hall–Kier alpha value is -0.940. The average molecular weight is 263 g/mol. The van der Waals surface area contributed by atoms with Crippen LogP contribution in [-0.4, -0.2) is 29.4 Å². The van der Waals surface area contributed by atoms with Crippen LogP contribution >= 0.6 is 0 Å². The number of fused-ring (bicyclic) bond motifs is 2. The fourth-order valence-corrected chi connectivity index (χ4v) is 4.09. The van der Waals surface area contributed by atoms with E-state index in [1.165, 1.54) is 25.7 Å². The molecular formula is C14H21N3O2. The summed E-state index contributed by atoms with van der Waals surface area (Å²) in [6, 6.07) is -0.0548. The standard InChI is InChI=1S/C14H21N3O2/c1-14(7-18-6-11(14)15)13-16-12(17-19-13)10-5-8-2-3-9(10)4-8/h8-11H,2-7,15H2,1H3. The zero-order valence-corrected chi connectivity index (χ0v) is 11.3. The minimum Gasteiger partial charge on any atom is -0.379 e. The molecule has 0 radical (unpaired) electrons. The molecule has 2 N–H and O–H groups in total. The molecule has 3 aliphatic rings. The second kappa shape index (κ2) is 4.03. The van der Waals surface area contributed by atoms with Gasteiger partial charge in [0.25, 0.3) is 0 Å². The van der Waals surface area contributed by atoms with Gasteiger partial charge in [-0.25, -0.2) is 0 Å². The maximum absolute atomic E-state index is 6.12. The minimum absolute atomic E-state index is 0.0548. The van der Waals surface area contributed by atoms with Crippen molar-refractivity contribution in [1.82, 2.24) is 10.1 Å². The van der Waals surface area contributed by atoms with E-state index in [1.807, 2.05) is 0 Å². The van der Waals surface area contributed by atoms with Crippen LogP contribution in [0.4, 0.5) is 0 Å². The molecule has 5 heteroatoms. The molecule has 5 atom stereocenters. The highest BCUT2D eigenvalue weighted by Crippen LogP contribution is 2.52. The lowest BCUT2D eigenvalue weighted by molar-refractivity contribution is 0.169. The first-order chi connectivity index (χ1) is 9.17. The number of hydrogen-bond donors (Lipinski definition) is 1. The summed E-state index contributed by atoms with van der Waals surface area (Å²) in [6.45, 7) is 3.21. The van der Waals surface area contributed by atoms with Crippen LogP contribution < -0.4 is 5.73 Å². The van der Waals surface area contributed by atoms with Gasteiger partial charge in [-0.2, -0.15) is 4.98 Å². The summed E-state index contributed by atoms with van der Waals surface area (Å²) in [5.74, 6) is 3.75. The molecule has 1 aromatic rings. The van der Waals surface area contributed by atoms with E-state index in [0.29, 0.717) is 25.0 Å². The van der Waals surface area contributed by atoms with Crippen LogP contribution in [0.15, 0.2) is 4.52 Å². The summed E-state index contributed by atoms with van der Waals surface area (Å²) in [5, 5.41) is 4.24. The largest absolute Gasteiger partial charge is 0.379 e. The highest BCUT2D eigenvalue weighted by atomic mass is 16.5. The first-order valence-electron chi connectivity index (χ1n) is 7.34. The quantitative estimate of drug-likeness (QED) is 0.877. The summed E-state index contributed by atoms with van der Waals surface area (Å²) in [6.07, 6.45) is 5.32. The van der Waals surface area contributed by atoms with Crippen LogP contribution in [0, 0.1) is 11.8 Å². The predicted octanol–water partition coefficient (Wildman–Crippen LogP) is 1.59. The molecule has 5 nitrogen and oxygen atoms in total. The second-order valence-corrected chi connectivity index (χ2v) is 6.78. The summed E-state index contributed by atoms with van der Waals surface area (Å²) in [7, 11) is 0. The van der Waals surface area contributed by atoms with Crippen LogP contribution in [0.2, 0.25) is 0 Å². The van der Waals surface area contributed by atoms with Gasteiger partial charge >= 0.3 is 0 Å². The van der Waals surface area contributed by atoms with E-state index < -0.39 is 0 Å². The van der Waals surface area contributed by atoms with Crippen molar-refractivity contribution >= 4 is 0 Å². The van der Waals surface area contributed by atoms with Crippen molar-refractivity contribution < 1.29 is 9.26 Å². The maximum Gasteiger partial charge on any atom is 0.236 e. The number of ether oxygens (including phenoxy) is 1. The van der Waals surface area contributed by atoms with E-state index in [2.05, 4.69) is 17.1 Å². The van der Waals surface area contributed by atoms with Gasteiger partial charge in [0.2, 0.25) is 5.89 Å². The molecule has 4 rings (SSSR count). The summed E-state index contributed by atoms with van der Waals surface area (Å²) in [5.41, 5.74) is 5.80. The van der Waals surface area contributed by atoms with Crippen LogP contribution in [0.5, 0.6) is 0 Å². The van der Waals surface area contributed by atoms with E-state index in [-0.39, 0.29) is 11.5 Å². The molecule has 0 aromatic carbocycles. The molecule has 19 heavy (non-hydrogen) atoms. The van der Waals surface area contributed by atoms with Crippen LogP contribution in [0.1, 0.15) is 50.2 Å². The van der Waals surface area contributed by atoms with Gasteiger partial charge in [0.1, 0.15) is 0 Å². The Morgan fingerprint density at radius 1 is 1.32 bits per heavy atom. The highest BCUT2D eigenvalue weighted by molar-refractivity contribution is 5.14. The minimum atomic E-state index is -0.317.